The van der Waals surface area contributed by atoms with E-state index in [1.54, 1.807) is 0 Å². The van der Waals surface area contributed by atoms with Gasteiger partial charge in [0.15, 0.2) is 0 Å². The van der Waals surface area contributed by atoms with Gasteiger partial charge >= 0.3 is 0 Å². The van der Waals surface area contributed by atoms with Gasteiger partial charge in [-0.2, -0.15) is 0 Å². The summed E-state index contributed by atoms with van der Waals surface area (Å²) in [6.45, 7) is 12.4. The Hall–Kier alpha value is -0.530. The molecule has 0 aromatic rings. The van der Waals surface area contributed by atoms with Crippen molar-refractivity contribution < 1.29 is 4.79 Å². The van der Waals surface area contributed by atoms with Crippen molar-refractivity contribution in [3.05, 3.63) is 0 Å². The van der Waals surface area contributed by atoms with E-state index in [0.29, 0.717) is 17.7 Å². The summed E-state index contributed by atoms with van der Waals surface area (Å²) in [7, 11) is 0. The quantitative estimate of drug-likeness (QED) is 0.717. The fraction of sp³-hybridized carbons (Fsp3) is 0.938. The van der Waals surface area contributed by atoms with E-state index < -0.39 is 0 Å². The Morgan fingerprint density at radius 3 is 2.44 bits per heavy atom. The van der Waals surface area contributed by atoms with Crippen molar-refractivity contribution in [2.45, 2.75) is 78.7 Å². The summed E-state index contributed by atoms with van der Waals surface area (Å²) >= 11 is 0. The monoisotopic (exact) mass is 253 g/mol. The van der Waals surface area contributed by atoms with Crippen LogP contribution in [0.1, 0.15) is 73.1 Å². The third kappa shape index (κ3) is 3.07. The maximum atomic E-state index is 12.4. The first-order chi connectivity index (χ1) is 8.44. The molecule has 1 fully saturated rings. The second-order valence-electron chi connectivity index (χ2n) is 6.43. The molecule has 1 aliphatic heterocycles. The number of carbonyl (C=O) groups excluding carboxylic acids is 1. The van der Waals surface area contributed by atoms with Gasteiger partial charge < -0.3 is 4.90 Å². The van der Waals surface area contributed by atoms with Gasteiger partial charge in [0.2, 0.25) is 5.91 Å². The minimum atomic E-state index is 0.0252. The van der Waals surface area contributed by atoms with Crippen LogP contribution in [0, 0.1) is 11.8 Å². The lowest BCUT2D eigenvalue weighted by Gasteiger charge is -2.48. The standard InChI is InChI=1S/C16H31NO/c1-6-10-14(4)16(5,13(2)3)17-12-9-7-8-11-15(17)18/h13-14H,6-12H2,1-5H3. The van der Waals surface area contributed by atoms with Crippen LogP contribution in [-0.2, 0) is 4.79 Å². The van der Waals surface area contributed by atoms with Crippen LogP contribution in [0.25, 0.3) is 0 Å². The number of amides is 1. The predicted molar refractivity (Wildman–Crippen MR) is 77.5 cm³/mol. The van der Waals surface area contributed by atoms with Crippen LogP contribution in [0.15, 0.2) is 0 Å². The zero-order chi connectivity index (χ0) is 13.8. The Bertz CT molecular complexity index is 274. The first-order valence-corrected chi connectivity index (χ1v) is 7.75. The molecule has 0 aromatic carbocycles. The van der Waals surface area contributed by atoms with Crippen LogP contribution in [-0.4, -0.2) is 22.9 Å². The minimum Gasteiger partial charge on any atom is -0.337 e. The SMILES string of the molecule is CCCC(C)C(C)(C(C)C)N1CCCCCC1=O. The van der Waals surface area contributed by atoms with Crippen LogP contribution in [0.5, 0.6) is 0 Å². The molecule has 1 amide bonds. The molecule has 2 atom stereocenters. The van der Waals surface area contributed by atoms with Crippen LogP contribution in [0.3, 0.4) is 0 Å². The highest BCUT2D eigenvalue weighted by Crippen LogP contribution is 2.37. The molecule has 1 saturated heterocycles. The van der Waals surface area contributed by atoms with Crippen molar-refractivity contribution >= 4 is 5.91 Å². The average Bonchev–Trinajstić information content (AvgIpc) is 2.53. The van der Waals surface area contributed by atoms with Gasteiger partial charge in [0, 0.05) is 18.5 Å². The van der Waals surface area contributed by atoms with Crippen molar-refractivity contribution in [1.82, 2.24) is 4.90 Å². The molecule has 1 heterocycles. The molecule has 1 rings (SSSR count). The first kappa shape index (κ1) is 15.5. The van der Waals surface area contributed by atoms with Gasteiger partial charge in [-0.25, -0.2) is 0 Å². The molecule has 2 heteroatoms. The van der Waals surface area contributed by atoms with Gasteiger partial charge in [0.1, 0.15) is 0 Å². The molecular formula is C16H31NO. The molecule has 0 spiro atoms. The van der Waals surface area contributed by atoms with Crippen molar-refractivity contribution in [1.29, 1.82) is 0 Å². The number of hydrogen-bond acceptors (Lipinski definition) is 1. The van der Waals surface area contributed by atoms with Crippen molar-refractivity contribution in [2.24, 2.45) is 11.8 Å². The Kier molecular flexibility index (Phi) is 5.68. The highest BCUT2D eigenvalue weighted by Gasteiger charge is 2.42. The summed E-state index contributed by atoms with van der Waals surface area (Å²) in [5.74, 6) is 1.47. The molecule has 18 heavy (non-hydrogen) atoms. The van der Waals surface area contributed by atoms with E-state index >= 15 is 0 Å². The van der Waals surface area contributed by atoms with Crippen molar-refractivity contribution in [2.75, 3.05) is 6.54 Å². The number of likely N-dealkylation sites (tertiary alicyclic amines) is 1. The number of hydrogen-bond donors (Lipinski definition) is 0. The van der Waals surface area contributed by atoms with E-state index in [-0.39, 0.29) is 5.54 Å². The van der Waals surface area contributed by atoms with E-state index in [2.05, 4.69) is 39.5 Å². The lowest BCUT2D eigenvalue weighted by molar-refractivity contribution is -0.141. The highest BCUT2D eigenvalue weighted by atomic mass is 16.2. The zero-order valence-corrected chi connectivity index (χ0v) is 13.0. The molecule has 0 radical (unpaired) electrons. The van der Waals surface area contributed by atoms with Crippen LogP contribution >= 0.6 is 0 Å². The van der Waals surface area contributed by atoms with E-state index in [1.807, 2.05) is 0 Å². The molecule has 2 nitrogen and oxygen atoms in total. The summed E-state index contributed by atoms with van der Waals surface area (Å²) in [6, 6.07) is 0. The van der Waals surface area contributed by atoms with Crippen molar-refractivity contribution in [3.8, 4) is 0 Å². The third-order valence-corrected chi connectivity index (χ3v) is 5.04. The van der Waals surface area contributed by atoms with Gasteiger partial charge in [0.05, 0.1) is 0 Å². The lowest BCUT2D eigenvalue weighted by atomic mass is 9.74. The molecule has 106 valence electrons. The molecule has 0 bridgehead atoms. The average molecular weight is 253 g/mol. The summed E-state index contributed by atoms with van der Waals surface area (Å²) in [5, 5.41) is 0. The third-order valence-electron chi connectivity index (χ3n) is 5.04. The lowest BCUT2D eigenvalue weighted by Crippen LogP contribution is -2.57. The number of carbonyl (C=O) groups is 1. The van der Waals surface area contributed by atoms with Gasteiger partial charge in [-0.15, -0.1) is 0 Å². The maximum Gasteiger partial charge on any atom is 0.223 e. The number of rotatable bonds is 5. The van der Waals surface area contributed by atoms with Crippen LogP contribution in [0.4, 0.5) is 0 Å². The fourth-order valence-corrected chi connectivity index (χ4v) is 3.36. The van der Waals surface area contributed by atoms with Gasteiger partial charge in [0.25, 0.3) is 0 Å². The Morgan fingerprint density at radius 2 is 1.89 bits per heavy atom. The van der Waals surface area contributed by atoms with Crippen molar-refractivity contribution in [3.63, 3.8) is 0 Å². The van der Waals surface area contributed by atoms with Gasteiger partial charge in [-0.1, -0.05) is 40.5 Å². The van der Waals surface area contributed by atoms with Crippen LogP contribution in [0.2, 0.25) is 0 Å². The molecule has 2 unspecified atom stereocenters. The summed E-state index contributed by atoms with van der Waals surface area (Å²) in [4.78, 5) is 14.6. The Balaban J connectivity index is 2.97. The second kappa shape index (κ2) is 6.58. The Morgan fingerprint density at radius 1 is 1.22 bits per heavy atom. The van der Waals surface area contributed by atoms with Gasteiger partial charge in [-0.3, -0.25) is 4.79 Å². The highest BCUT2D eigenvalue weighted by molar-refractivity contribution is 5.77. The normalized spacial score (nSPS) is 22.8. The topological polar surface area (TPSA) is 20.3 Å². The summed E-state index contributed by atoms with van der Waals surface area (Å²) in [6.07, 6.45) is 6.61. The smallest absolute Gasteiger partial charge is 0.223 e. The minimum absolute atomic E-state index is 0.0252. The second-order valence-corrected chi connectivity index (χ2v) is 6.43. The maximum absolute atomic E-state index is 12.4. The molecular weight excluding hydrogens is 222 g/mol. The van der Waals surface area contributed by atoms with Gasteiger partial charge in [-0.05, 0) is 38.0 Å². The van der Waals surface area contributed by atoms with Crippen LogP contribution < -0.4 is 0 Å². The van der Waals surface area contributed by atoms with E-state index in [1.165, 1.54) is 25.7 Å². The fourth-order valence-electron chi connectivity index (χ4n) is 3.36. The van der Waals surface area contributed by atoms with E-state index in [4.69, 9.17) is 0 Å². The largest absolute Gasteiger partial charge is 0.337 e. The Labute approximate surface area is 113 Å². The molecule has 0 N–H and O–H groups in total. The molecule has 0 aromatic heterocycles. The number of nitrogens with zero attached hydrogens (tertiary/aromatic N) is 1. The van der Waals surface area contributed by atoms with E-state index in [9.17, 15) is 4.79 Å². The molecule has 1 aliphatic rings. The molecule has 0 aliphatic carbocycles. The summed E-state index contributed by atoms with van der Waals surface area (Å²) < 4.78 is 0. The zero-order valence-electron chi connectivity index (χ0n) is 13.0. The van der Waals surface area contributed by atoms with E-state index in [0.717, 1.165) is 19.4 Å². The first-order valence-electron chi connectivity index (χ1n) is 7.75. The molecule has 0 saturated carbocycles. The predicted octanol–water partition coefficient (Wildman–Crippen LogP) is 4.24. The summed E-state index contributed by atoms with van der Waals surface area (Å²) in [5.41, 5.74) is 0.0252.